The molecule has 0 saturated heterocycles. The highest BCUT2D eigenvalue weighted by molar-refractivity contribution is 7.07. The van der Waals surface area contributed by atoms with E-state index in [2.05, 4.69) is 10.7 Å². The Balaban J connectivity index is 1.61. The van der Waals surface area contributed by atoms with Gasteiger partial charge < -0.3 is 10.4 Å². The summed E-state index contributed by atoms with van der Waals surface area (Å²) >= 11 is 1.64. The Morgan fingerprint density at radius 1 is 1.35 bits per heavy atom. The average molecular weight is 287 g/mol. The van der Waals surface area contributed by atoms with E-state index in [1.165, 1.54) is 5.56 Å². The lowest BCUT2D eigenvalue weighted by molar-refractivity contribution is -0.122. The number of hydrogen-bond acceptors (Lipinski definition) is 3. The monoisotopic (exact) mass is 287 g/mol. The smallest absolute Gasteiger partial charge is 0.220 e. The number of aryl methyl sites for hydroxylation is 1. The molecule has 3 nitrogen and oxygen atoms in total. The lowest BCUT2D eigenvalue weighted by Gasteiger charge is -2.17. The summed E-state index contributed by atoms with van der Waals surface area (Å²) in [4.78, 5) is 12.0. The third kappa shape index (κ3) is 2.76. The Morgan fingerprint density at radius 2 is 2.20 bits per heavy atom. The molecule has 0 fully saturated rings. The molecule has 1 heterocycles. The Morgan fingerprint density at radius 3 is 3.00 bits per heavy atom. The van der Waals surface area contributed by atoms with Crippen molar-refractivity contribution in [3.63, 3.8) is 0 Å². The third-order valence-electron chi connectivity index (χ3n) is 3.74. The normalized spacial score (nSPS) is 20.6. The summed E-state index contributed by atoms with van der Waals surface area (Å²) in [6.07, 6.45) is 1.31. The summed E-state index contributed by atoms with van der Waals surface area (Å²) < 4.78 is 0. The number of carbonyl (C=O) groups is 1. The van der Waals surface area contributed by atoms with Gasteiger partial charge >= 0.3 is 0 Å². The summed E-state index contributed by atoms with van der Waals surface area (Å²) in [5.74, 6) is -0.00282. The van der Waals surface area contributed by atoms with Gasteiger partial charge in [0, 0.05) is 12.8 Å². The molecule has 1 aliphatic rings. The van der Waals surface area contributed by atoms with E-state index < -0.39 is 6.10 Å². The predicted octanol–water partition coefficient (Wildman–Crippen LogP) is 2.46. The summed E-state index contributed by atoms with van der Waals surface area (Å²) in [6, 6.07) is 9.68. The van der Waals surface area contributed by atoms with Gasteiger partial charge in [0.2, 0.25) is 5.91 Å². The van der Waals surface area contributed by atoms with E-state index in [-0.39, 0.29) is 11.9 Å². The summed E-state index contributed by atoms with van der Waals surface area (Å²) in [6.45, 7) is 0. The minimum Gasteiger partial charge on any atom is -0.390 e. The van der Waals surface area contributed by atoms with Crippen LogP contribution in [0.4, 0.5) is 0 Å². The van der Waals surface area contributed by atoms with Crippen molar-refractivity contribution in [1.29, 1.82) is 0 Å². The van der Waals surface area contributed by atoms with Crippen LogP contribution in [0.5, 0.6) is 0 Å². The van der Waals surface area contributed by atoms with Gasteiger partial charge in [0.05, 0.1) is 12.1 Å². The largest absolute Gasteiger partial charge is 0.390 e. The van der Waals surface area contributed by atoms with Gasteiger partial charge in [0.25, 0.3) is 0 Å². The fourth-order valence-electron chi connectivity index (χ4n) is 2.69. The lowest BCUT2D eigenvalue weighted by atomic mass is 10.1. The first-order valence-electron chi connectivity index (χ1n) is 6.80. The second kappa shape index (κ2) is 5.77. The molecule has 1 amide bonds. The Hall–Kier alpha value is -1.65. The molecular formula is C16H17NO2S. The Labute approximate surface area is 122 Å². The van der Waals surface area contributed by atoms with Crippen LogP contribution in [0.15, 0.2) is 41.1 Å². The first-order chi connectivity index (χ1) is 9.74. The topological polar surface area (TPSA) is 49.3 Å². The molecule has 1 aromatic carbocycles. The molecule has 2 N–H and O–H groups in total. The van der Waals surface area contributed by atoms with Gasteiger partial charge in [0.1, 0.15) is 0 Å². The van der Waals surface area contributed by atoms with E-state index in [1.54, 1.807) is 11.3 Å². The molecule has 0 radical (unpaired) electrons. The molecule has 3 rings (SSSR count). The average Bonchev–Trinajstić information content (AvgIpc) is 3.06. The molecule has 0 bridgehead atoms. The number of aliphatic hydroxyl groups is 1. The number of hydrogen-bond donors (Lipinski definition) is 2. The van der Waals surface area contributed by atoms with Crippen LogP contribution in [0.2, 0.25) is 0 Å². The number of rotatable bonds is 4. The van der Waals surface area contributed by atoms with E-state index in [1.807, 2.05) is 35.7 Å². The van der Waals surface area contributed by atoms with Crippen molar-refractivity contribution in [1.82, 2.24) is 5.32 Å². The number of fused-ring (bicyclic) bond motifs is 1. The zero-order valence-electron chi connectivity index (χ0n) is 11.1. The van der Waals surface area contributed by atoms with E-state index in [0.29, 0.717) is 12.8 Å². The van der Waals surface area contributed by atoms with Crippen molar-refractivity contribution in [3.8, 4) is 0 Å². The van der Waals surface area contributed by atoms with Crippen LogP contribution in [0.1, 0.15) is 29.2 Å². The SMILES string of the molecule is O=C(CCc1ccsc1)N[C@H]1c2ccccc2C[C@H]1O. The highest BCUT2D eigenvalue weighted by atomic mass is 32.1. The fourth-order valence-corrected chi connectivity index (χ4v) is 3.39. The van der Waals surface area contributed by atoms with Gasteiger partial charge in [-0.15, -0.1) is 0 Å². The molecule has 2 atom stereocenters. The number of nitrogens with one attached hydrogen (secondary N) is 1. The van der Waals surface area contributed by atoms with Crippen LogP contribution in [-0.4, -0.2) is 17.1 Å². The zero-order chi connectivity index (χ0) is 13.9. The van der Waals surface area contributed by atoms with Crippen LogP contribution >= 0.6 is 11.3 Å². The summed E-state index contributed by atoms with van der Waals surface area (Å²) in [7, 11) is 0. The first kappa shape index (κ1) is 13.3. The summed E-state index contributed by atoms with van der Waals surface area (Å²) in [5, 5.41) is 17.1. The van der Waals surface area contributed by atoms with Crippen molar-refractivity contribution < 1.29 is 9.90 Å². The van der Waals surface area contributed by atoms with Gasteiger partial charge in [-0.25, -0.2) is 0 Å². The van der Waals surface area contributed by atoms with Gasteiger partial charge in [-0.05, 0) is 39.9 Å². The molecule has 0 aliphatic heterocycles. The number of thiophene rings is 1. The van der Waals surface area contributed by atoms with E-state index >= 15 is 0 Å². The van der Waals surface area contributed by atoms with E-state index in [9.17, 15) is 9.90 Å². The van der Waals surface area contributed by atoms with Crippen LogP contribution in [0, 0.1) is 0 Å². The number of amides is 1. The van der Waals surface area contributed by atoms with E-state index in [4.69, 9.17) is 0 Å². The van der Waals surface area contributed by atoms with E-state index in [0.717, 1.165) is 17.5 Å². The maximum absolute atomic E-state index is 12.0. The van der Waals surface area contributed by atoms with Crippen molar-refractivity contribution in [2.24, 2.45) is 0 Å². The zero-order valence-corrected chi connectivity index (χ0v) is 11.9. The molecule has 0 unspecified atom stereocenters. The molecule has 0 spiro atoms. The number of benzene rings is 1. The highest BCUT2D eigenvalue weighted by Crippen LogP contribution is 2.31. The van der Waals surface area contributed by atoms with Crippen molar-refractivity contribution in [2.75, 3.05) is 0 Å². The highest BCUT2D eigenvalue weighted by Gasteiger charge is 2.31. The maximum Gasteiger partial charge on any atom is 0.220 e. The number of aliphatic hydroxyl groups excluding tert-OH is 1. The van der Waals surface area contributed by atoms with Gasteiger partial charge in [0.15, 0.2) is 0 Å². The van der Waals surface area contributed by atoms with Crippen molar-refractivity contribution in [2.45, 2.75) is 31.4 Å². The van der Waals surface area contributed by atoms with Crippen molar-refractivity contribution >= 4 is 17.2 Å². The van der Waals surface area contributed by atoms with Crippen LogP contribution < -0.4 is 5.32 Å². The molecule has 1 aliphatic carbocycles. The van der Waals surface area contributed by atoms with Gasteiger partial charge in [-0.3, -0.25) is 4.79 Å². The lowest BCUT2D eigenvalue weighted by Crippen LogP contribution is -2.33. The van der Waals surface area contributed by atoms with Crippen LogP contribution in [0.3, 0.4) is 0 Å². The summed E-state index contributed by atoms with van der Waals surface area (Å²) in [5.41, 5.74) is 3.37. The second-order valence-electron chi connectivity index (χ2n) is 5.15. The maximum atomic E-state index is 12.0. The Kier molecular flexibility index (Phi) is 3.85. The van der Waals surface area contributed by atoms with Gasteiger partial charge in [-0.1, -0.05) is 24.3 Å². The second-order valence-corrected chi connectivity index (χ2v) is 5.93. The van der Waals surface area contributed by atoms with Crippen molar-refractivity contribution in [3.05, 3.63) is 57.8 Å². The molecule has 20 heavy (non-hydrogen) atoms. The molecule has 0 saturated carbocycles. The predicted molar refractivity (Wildman–Crippen MR) is 79.7 cm³/mol. The number of carbonyl (C=O) groups excluding carboxylic acids is 1. The fraction of sp³-hybridized carbons (Fsp3) is 0.312. The molecule has 1 aromatic heterocycles. The minimum absolute atomic E-state index is 0.00282. The quantitative estimate of drug-likeness (QED) is 0.907. The standard InChI is InChI=1S/C16H17NO2S/c18-14-9-12-3-1-2-4-13(12)16(14)17-15(19)6-5-11-7-8-20-10-11/h1-4,7-8,10,14,16,18H,5-6,9H2,(H,17,19)/t14-,16+/m1/s1. The molecule has 4 heteroatoms. The van der Waals surface area contributed by atoms with Gasteiger partial charge in [-0.2, -0.15) is 11.3 Å². The van der Waals surface area contributed by atoms with Crippen LogP contribution in [-0.2, 0) is 17.6 Å². The Bertz CT molecular complexity index is 594. The minimum atomic E-state index is -0.516. The molecule has 2 aromatic rings. The molecular weight excluding hydrogens is 270 g/mol. The first-order valence-corrected chi connectivity index (χ1v) is 7.74. The molecule has 104 valence electrons. The third-order valence-corrected chi connectivity index (χ3v) is 4.47. The van der Waals surface area contributed by atoms with Crippen LogP contribution in [0.25, 0.3) is 0 Å².